The normalized spacial score (nSPS) is 11.0. The highest BCUT2D eigenvalue weighted by Crippen LogP contribution is 2.22. The molecule has 0 saturated carbocycles. The average molecular weight is 231 g/mol. The van der Waals surface area contributed by atoms with Gasteiger partial charge in [0.25, 0.3) is 0 Å². The molecule has 2 heteroatoms. The lowest BCUT2D eigenvalue weighted by Crippen LogP contribution is -2.10. The predicted molar refractivity (Wildman–Crippen MR) is 70.0 cm³/mol. The fourth-order valence-corrected chi connectivity index (χ4v) is 1.71. The number of nitriles is 1. The average Bonchev–Trinajstić information content (AvgIpc) is 2.27. The molecule has 0 aliphatic carbocycles. The lowest BCUT2D eigenvalue weighted by molar-refractivity contribution is 0.282. The Morgan fingerprint density at radius 1 is 1.29 bits per heavy atom. The lowest BCUT2D eigenvalue weighted by Gasteiger charge is -2.15. The van der Waals surface area contributed by atoms with Crippen molar-refractivity contribution in [3.8, 4) is 11.8 Å². The summed E-state index contributed by atoms with van der Waals surface area (Å²) in [5.74, 6) is 0.949. The van der Waals surface area contributed by atoms with Crippen LogP contribution in [0, 0.1) is 30.6 Å². The Morgan fingerprint density at radius 2 is 2.00 bits per heavy atom. The van der Waals surface area contributed by atoms with Gasteiger partial charge in [0.1, 0.15) is 5.75 Å². The SMILES string of the molecule is Cc1ccc(OCCCC(C)(C)C#N)c(C)c1. The molecule has 17 heavy (non-hydrogen) atoms. The van der Waals surface area contributed by atoms with E-state index in [2.05, 4.69) is 32.0 Å². The summed E-state index contributed by atoms with van der Waals surface area (Å²) in [5.41, 5.74) is 2.18. The molecule has 1 aromatic rings. The van der Waals surface area contributed by atoms with Crippen molar-refractivity contribution in [2.24, 2.45) is 5.41 Å². The van der Waals surface area contributed by atoms with E-state index >= 15 is 0 Å². The largest absolute Gasteiger partial charge is 0.493 e. The molecule has 0 aliphatic rings. The third-order valence-electron chi connectivity index (χ3n) is 2.84. The smallest absolute Gasteiger partial charge is 0.122 e. The molecule has 0 aromatic heterocycles. The van der Waals surface area contributed by atoms with E-state index < -0.39 is 0 Å². The quantitative estimate of drug-likeness (QED) is 0.717. The zero-order chi connectivity index (χ0) is 12.9. The van der Waals surface area contributed by atoms with E-state index in [1.54, 1.807) is 0 Å². The van der Waals surface area contributed by atoms with Gasteiger partial charge < -0.3 is 4.74 Å². The van der Waals surface area contributed by atoms with Crippen molar-refractivity contribution in [1.82, 2.24) is 0 Å². The molecule has 0 unspecified atom stereocenters. The first-order valence-corrected chi connectivity index (χ1v) is 6.06. The summed E-state index contributed by atoms with van der Waals surface area (Å²) < 4.78 is 5.72. The minimum atomic E-state index is -0.244. The Hall–Kier alpha value is -1.49. The van der Waals surface area contributed by atoms with Gasteiger partial charge in [-0.3, -0.25) is 0 Å². The van der Waals surface area contributed by atoms with Crippen molar-refractivity contribution < 1.29 is 4.74 Å². The lowest BCUT2D eigenvalue weighted by atomic mass is 9.90. The molecule has 92 valence electrons. The molecule has 0 radical (unpaired) electrons. The first-order chi connectivity index (χ1) is 7.94. The van der Waals surface area contributed by atoms with Crippen LogP contribution in [-0.4, -0.2) is 6.61 Å². The van der Waals surface area contributed by atoms with Crippen molar-refractivity contribution in [1.29, 1.82) is 5.26 Å². The highest BCUT2D eigenvalue weighted by molar-refractivity contribution is 5.35. The highest BCUT2D eigenvalue weighted by atomic mass is 16.5. The van der Waals surface area contributed by atoms with Crippen molar-refractivity contribution in [2.75, 3.05) is 6.61 Å². The first kappa shape index (κ1) is 13.6. The molecule has 0 aliphatic heterocycles. The van der Waals surface area contributed by atoms with Gasteiger partial charge in [-0.05, 0) is 52.2 Å². The molecule has 1 rings (SSSR count). The zero-order valence-electron chi connectivity index (χ0n) is 11.2. The van der Waals surface area contributed by atoms with Crippen molar-refractivity contribution in [2.45, 2.75) is 40.5 Å². The second kappa shape index (κ2) is 5.72. The number of hydrogen-bond acceptors (Lipinski definition) is 2. The zero-order valence-corrected chi connectivity index (χ0v) is 11.2. The van der Waals surface area contributed by atoms with Crippen LogP contribution < -0.4 is 4.74 Å². The van der Waals surface area contributed by atoms with Crippen molar-refractivity contribution >= 4 is 0 Å². The summed E-state index contributed by atoms with van der Waals surface area (Å²) in [5, 5.41) is 8.89. The molecule has 1 aromatic carbocycles. The van der Waals surface area contributed by atoms with Gasteiger partial charge in [-0.1, -0.05) is 17.7 Å². The van der Waals surface area contributed by atoms with E-state index in [1.165, 1.54) is 11.1 Å². The van der Waals surface area contributed by atoms with E-state index in [4.69, 9.17) is 10.00 Å². The molecule has 0 spiro atoms. The van der Waals surface area contributed by atoms with Gasteiger partial charge in [0, 0.05) is 0 Å². The van der Waals surface area contributed by atoms with Crippen LogP contribution in [-0.2, 0) is 0 Å². The molecular weight excluding hydrogens is 210 g/mol. The monoisotopic (exact) mass is 231 g/mol. The molecule has 0 bridgehead atoms. The van der Waals surface area contributed by atoms with Crippen LogP contribution in [0.3, 0.4) is 0 Å². The van der Waals surface area contributed by atoms with Crippen LogP contribution in [0.25, 0.3) is 0 Å². The third-order valence-corrected chi connectivity index (χ3v) is 2.84. The van der Waals surface area contributed by atoms with Crippen molar-refractivity contribution in [3.63, 3.8) is 0 Å². The van der Waals surface area contributed by atoms with Gasteiger partial charge in [-0.2, -0.15) is 5.26 Å². The summed E-state index contributed by atoms with van der Waals surface area (Å²) >= 11 is 0. The predicted octanol–water partition coefficient (Wildman–Crippen LogP) is 4.01. The summed E-state index contributed by atoms with van der Waals surface area (Å²) in [6.07, 6.45) is 1.78. The van der Waals surface area contributed by atoms with Gasteiger partial charge in [0.05, 0.1) is 18.1 Å². The maximum absolute atomic E-state index is 8.89. The van der Waals surface area contributed by atoms with E-state index in [1.807, 2.05) is 19.9 Å². The Morgan fingerprint density at radius 3 is 2.59 bits per heavy atom. The minimum absolute atomic E-state index is 0.244. The second-order valence-electron chi connectivity index (χ2n) is 5.22. The third kappa shape index (κ3) is 4.48. The number of hydrogen-bond donors (Lipinski definition) is 0. The molecule has 0 saturated heterocycles. The van der Waals surface area contributed by atoms with Crippen LogP contribution in [0.5, 0.6) is 5.75 Å². The second-order valence-corrected chi connectivity index (χ2v) is 5.22. The fraction of sp³-hybridized carbons (Fsp3) is 0.533. The molecule has 0 heterocycles. The van der Waals surface area contributed by atoms with Gasteiger partial charge in [-0.15, -0.1) is 0 Å². The number of rotatable bonds is 5. The Bertz CT molecular complexity index is 415. The molecule has 2 nitrogen and oxygen atoms in total. The fourth-order valence-electron chi connectivity index (χ4n) is 1.71. The topological polar surface area (TPSA) is 33.0 Å². The Balaban J connectivity index is 2.39. The Labute approximate surface area is 104 Å². The first-order valence-electron chi connectivity index (χ1n) is 6.06. The summed E-state index contributed by atoms with van der Waals surface area (Å²) in [6, 6.07) is 8.49. The summed E-state index contributed by atoms with van der Waals surface area (Å²) in [6.45, 7) is 8.73. The van der Waals surface area contributed by atoms with Crippen LogP contribution in [0.4, 0.5) is 0 Å². The van der Waals surface area contributed by atoms with Gasteiger partial charge >= 0.3 is 0 Å². The van der Waals surface area contributed by atoms with Crippen molar-refractivity contribution in [3.05, 3.63) is 29.3 Å². The van der Waals surface area contributed by atoms with Crippen LogP contribution >= 0.6 is 0 Å². The maximum Gasteiger partial charge on any atom is 0.122 e. The summed E-state index contributed by atoms with van der Waals surface area (Å²) in [4.78, 5) is 0. The highest BCUT2D eigenvalue weighted by Gasteiger charge is 2.15. The Kier molecular flexibility index (Phi) is 4.57. The number of ether oxygens (including phenoxy) is 1. The van der Waals surface area contributed by atoms with Gasteiger partial charge in [-0.25, -0.2) is 0 Å². The molecule has 0 atom stereocenters. The van der Waals surface area contributed by atoms with Crippen LogP contribution in [0.15, 0.2) is 18.2 Å². The minimum Gasteiger partial charge on any atom is -0.493 e. The van der Waals surface area contributed by atoms with E-state index in [9.17, 15) is 0 Å². The number of nitrogens with zero attached hydrogens (tertiary/aromatic N) is 1. The molecule has 0 amide bonds. The maximum atomic E-state index is 8.89. The summed E-state index contributed by atoms with van der Waals surface area (Å²) in [7, 11) is 0. The molecule has 0 N–H and O–H groups in total. The van der Waals surface area contributed by atoms with Gasteiger partial charge in [0.2, 0.25) is 0 Å². The van der Waals surface area contributed by atoms with E-state index in [0.29, 0.717) is 6.61 Å². The molecule has 0 fully saturated rings. The standard InChI is InChI=1S/C15H21NO/c1-12-6-7-14(13(2)10-12)17-9-5-8-15(3,4)11-16/h6-7,10H,5,8-9H2,1-4H3. The van der Waals surface area contributed by atoms with E-state index in [0.717, 1.165) is 18.6 Å². The molecular formula is C15H21NO. The number of benzene rings is 1. The van der Waals surface area contributed by atoms with Crippen LogP contribution in [0.1, 0.15) is 37.8 Å². The van der Waals surface area contributed by atoms with E-state index in [-0.39, 0.29) is 5.41 Å². The van der Waals surface area contributed by atoms with Crippen LogP contribution in [0.2, 0.25) is 0 Å². The number of aryl methyl sites for hydroxylation is 2. The van der Waals surface area contributed by atoms with Gasteiger partial charge in [0.15, 0.2) is 0 Å².